The fourth-order valence-corrected chi connectivity index (χ4v) is 5.27. The van der Waals surface area contributed by atoms with Crippen LogP contribution >= 0.6 is 27.5 Å². The van der Waals surface area contributed by atoms with Gasteiger partial charge in [-0.1, -0.05) is 63.4 Å². The van der Waals surface area contributed by atoms with E-state index in [4.69, 9.17) is 25.8 Å². The van der Waals surface area contributed by atoms with Crippen LogP contribution in [0.2, 0.25) is 5.02 Å². The second-order valence-corrected chi connectivity index (χ2v) is 10.5. The molecule has 8 nitrogen and oxygen atoms in total. The van der Waals surface area contributed by atoms with Gasteiger partial charge in [0, 0.05) is 26.0 Å². The van der Waals surface area contributed by atoms with Crippen LogP contribution in [0.25, 0.3) is 22.0 Å². The van der Waals surface area contributed by atoms with E-state index in [1.54, 1.807) is 55.6 Å². The molecule has 1 heterocycles. The normalized spacial score (nSPS) is 11.1. The van der Waals surface area contributed by atoms with Crippen molar-refractivity contribution < 1.29 is 23.8 Å². The summed E-state index contributed by atoms with van der Waals surface area (Å²) in [4.78, 5) is 29.2. The Bertz CT molecular complexity index is 1850. The maximum absolute atomic E-state index is 13.4. The number of methoxy groups -OCH3 is 2. The first-order chi connectivity index (χ1) is 20.3. The number of hydrazone groups is 1. The largest absolute Gasteiger partial charge is 0.495 e. The maximum Gasteiger partial charge on any atom is 0.343 e. The molecule has 42 heavy (non-hydrogen) atoms. The Hall–Kier alpha value is -4.60. The summed E-state index contributed by atoms with van der Waals surface area (Å²) in [5, 5.41) is 5.38. The third-order valence-electron chi connectivity index (χ3n) is 6.48. The van der Waals surface area contributed by atoms with Crippen molar-refractivity contribution in [2.45, 2.75) is 6.92 Å². The number of nitrogens with one attached hydrogen (secondary N) is 2. The first-order valence-electron chi connectivity index (χ1n) is 12.7. The number of amides is 1. The summed E-state index contributed by atoms with van der Waals surface area (Å²) in [6.45, 7) is 1.90. The lowest BCUT2D eigenvalue weighted by molar-refractivity contribution is 0.0729. The summed E-state index contributed by atoms with van der Waals surface area (Å²) in [6.07, 6.45) is 1.46. The summed E-state index contributed by atoms with van der Waals surface area (Å²) in [5.41, 5.74) is 6.75. The average Bonchev–Trinajstić information content (AvgIpc) is 3.40. The lowest BCUT2D eigenvalue weighted by Gasteiger charge is -2.10. The van der Waals surface area contributed by atoms with Crippen molar-refractivity contribution in [3.05, 3.63) is 111 Å². The Balaban J connectivity index is 1.41. The number of carbonyl (C=O) groups is 2. The number of hydrogen-bond donors (Lipinski definition) is 2. The number of benzene rings is 4. The van der Waals surface area contributed by atoms with E-state index in [0.29, 0.717) is 44.3 Å². The molecule has 0 bridgehead atoms. The smallest absolute Gasteiger partial charge is 0.343 e. The number of aryl methyl sites for hydroxylation is 1. The molecule has 0 saturated carbocycles. The number of hydrogen-bond acceptors (Lipinski definition) is 6. The van der Waals surface area contributed by atoms with Gasteiger partial charge >= 0.3 is 5.97 Å². The standard InChI is InChI=1S/C32H25BrClN3O5/c1-18-7-6-8-20(15-18)32(39)42-24-13-11-19(16-26(24)41-3)17-35-37-31(38)30-27(21-9-4-5-10-23(21)34)28-22(33)12-14-25(40-2)29(28)36-30/h4-17,36H,1-3H3,(H,37,38). The highest BCUT2D eigenvalue weighted by Crippen LogP contribution is 2.43. The van der Waals surface area contributed by atoms with E-state index in [1.165, 1.54) is 13.3 Å². The third-order valence-corrected chi connectivity index (χ3v) is 7.47. The Morgan fingerprint density at radius 3 is 2.43 bits per heavy atom. The molecule has 0 aliphatic rings. The van der Waals surface area contributed by atoms with Crippen molar-refractivity contribution in [3.8, 4) is 28.4 Å². The lowest BCUT2D eigenvalue weighted by Crippen LogP contribution is -2.19. The van der Waals surface area contributed by atoms with E-state index >= 15 is 0 Å². The second kappa shape index (κ2) is 12.5. The molecule has 0 saturated heterocycles. The molecule has 5 rings (SSSR count). The van der Waals surface area contributed by atoms with E-state index in [2.05, 4.69) is 31.4 Å². The molecule has 10 heteroatoms. The van der Waals surface area contributed by atoms with Gasteiger partial charge in [-0.05, 0) is 61.0 Å². The lowest BCUT2D eigenvalue weighted by atomic mass is 10.0. The minimum absolute atomic E-state index is 0.257. The molecule has 0 atom stereocenters. The van der Waals surface area contributed by atoms with Gasteiger partial charge < -0.3 is 19.2 Å². The van der Waals surface area contributed by atoms with Gasteiger partial charge in [0.25, 0.3) is 5.91 Å². The van der Waals surface area contributed by atoms with Gasteiger partial charge in [0.2, 0.25) is 0 Å². The van der Waals surface area contributed by atoms with Crippen molar-refractivity contribution >= 4 is 56.5 Å². The number of aromatic amines is 1. The van der Waals surface area contributed by atoms with E-state index < -0.39 is 11.9 Å². The zero-order chi connectivity index (χ0) is 29.8. The Morgan fingerprint density at radius 1 is 0.929 bits per heavy atom. The van der Waals surface area contributed by atoms with Crippen LogP contribution in [-0.2, 0) is 0 Å². The molecule has 0 aliphatic carbocycles. The van der Waals surface area contributed by atoms with Crippen LogP contribution in [-0.4, -0.2) is 37.3 Å². The molecule has 2 N–H and O–H groups in total. The van der Waals surface area contributed by atoms with Crippen molar-refractivity contribution in [3.63, 3.8) is 0 Å². The summed E-state index contributed by atoms with van der Waals surface area (Å²) < 4.78 is 17.3. The Morgan fingerprint density at radius 2 is 1.69 bits per heavy atom. The molecule has 1 aromatic heterocycles. The number of rotatable bonds is 8. The van der Waals surface area contributed by atoms with Gasteiger partial charge in [-0.3, -0.25) is 4.79 Å². The van der Waals surface area contributed by atoms with E-state index in [0.717, 1.165) is 15.4 Å². The van der Waals surface area contributed by atoms with Gasteiger partial charge in [0.15, 0.2) is 11.5 Å². The fourth-order valence-electron chi connectivity index (χ4n) is 4.51. The molecule has 0 aliphatic heterocycles. The van der Waals surface area contributed by atoms with Gasteiger partial charge in [0.05, 0.1) is 31.5 Å². The molecule has 0 spiro atoms. The van der Waals surface area contributed by atoms with Crippen LogP contribution in [0.4, 0.5) is 0 Å². The van der Waals surface area contributed by atoms with E-state index in [9.17, 15) is 9.59 Å². The highest BCUT2D eigenvalue weighted by atomic mass is 79.9. The summed E-state index contributed by atoms with van der Waals surface area (Å²) >= 11 is 10.2. The Kier molecular flexibility index (Phi) is 8.61. The number of carbonyl (C=O) groups excluding carboxylic acids is 2. The van der Waals surface area contributed by atoms with Crippen molar-refractivity contribution in [2.24, 2.45) is 5.10 Å². The molecule has 5 aromatic rings. The van der Waals surface area contributed by atoms with Gasteiger partial charge in [-0.15, -0.1) is 0 Å². The van der Waals surface area contributed by atoms with Crippen LogP contribution in [0, 0.1) is 6.92 Å². The molecular weight excluding hydrogens is 622 g/mol. The van der Waals surface area contributed by atoms with Gasteiger partial charge in [-0.25, -0.2) is 10.2 Å². The van der Waals surface area contributed by atoms with E-state index in [-0.39, 0.29) is 11.4 Å². The number of esters is 1. The van der Waals surface area contributed by atoms with Crippen LogP contribution in [0.5, 0.6) is 17.2 Å². The highest BCUT2D eigenvalue weighted by molar-refractivity contribution is 9.10. The van der Waals surface area contributed by atoms with Crippen molar-refractivity contribution in [1.82, 2.24) is 10.4 Å². The minimum atomic E-state index is -0.499. The topological polar surface area (TPSA) is 102 Å². The van der Waals surface area contributed by atoms with E-state index in [1.807, 2.05) is 37.3 Å². The van der Waals surface area contributed by atoms with Crippen LogP contribution in [0.3, 0.4) is 0 Å². The minimum Gasteiger partial charge on any atom is -0.495 e. The summed E-state index contributed by atoms with van der Waals surface area (Å²) in [7, 11) is 3.03. The summed E-state index contributed by atoms with van der Waals surface area (Å²) in [6, 6.07) is 23.0. The predicted molar refractivity (Wildman–Crippen MR) is 167 cm³/mol. The van der Waals surface area contributed by atoms with Crippen molar-refractivity contribution in [1.29, 1.82) is 0 Å². The number of ether oxygens (including phenoxy) is 3. The molecule has 1 amide bonds. The van der Waals surface area contributed by atoms with Crippen LogP contribution in [0.1, 0.15) is 32.0 Å². The molecular formula is C32H25BrClN3O5. The monoisotopic (exact) mass is 645 g/mol. The first-order valence-corrected chi connectivity index (χ1v) is 13.9. The molecule has 0 unspecified atom stereocenters. The number of aromatic nitrogens is 1. The quantitative estimate of drug-likeness (QED) is 0.0784. The predicted octanol–water partition coefficient (Wildman–Crippen LogP) is 7.56. The van der Waals surface area contributed by atoms with Gasteiger partial charge in [0.1, 0.15) is 11.4 Å². The molecule has 4 aromatic carbocycles. The van der Waals surface area contributed by atoms with Crippen LogP contribution in [0.15, 0.2) is 88.4 Å². The highest BCUT2D eigenvalue weighted by Gasteiger charge is 2.24. The molecule has 0 fully saturated rings. The number of H-pyrrole nitrogens is 1. The van der Waals surface area contributed by atoms with Crippen LogP contribution < -0.4 is 19.6 Å². The number of fused-ring (bicyclic) bond motifs is 1. The fraction of sp³-hybridized carbons (Fsp3) is 0.0938. The third kappa shape index (κ3) is 5.88. The number of halogens is 2. The zero-order valence-electron chi connectivity index (χ0n) is 22.8. The zero-order valence-corrected chi connectivity index (χ0v) is 25.2. The average molecular weight is 647 g/mol. The first kappa shape index (κ1) is 28.9. The molecule has 212 valence electrons. The Labute approximate surface area is 255 Å². The second-order valence-electron chi connectivity index (χ2n) is 9.22. The maximum atomic E-state index is 13.4. The van der Waals surface area contributed by atoms with Crippen molar-refractivity contribution in [2.75, 3.05) is 14.2 Å². The SMILES string of the molecule is COc1cc(C=NNC(=O)c2[nH]c3c(OC)ccc(Br)c3c2-c2ccccc2Cl)ccc1OC(=O)c1cccc(C)c1. The van der Waals surface area contributed by atoms with Gasteiger partial charge in [-0.2, -0.15) is 5.10 Å². The molecule has 0 radical (unpaired) electrons. The number of nitrogens with zero attached hydrogens (tertiary/aromatic N) is 1. The summed E-state index contributed by atoms with van der Waals surface area (Å²) in [5.74, 6) is 0.176.